The zero-order valence-electron chi connectivity index (χ0n) is 29.8. The number of amides is 1. The maximum Gasteiger partial charge on any atom is 0.255 e. The molecule has 0 spiro atoms. The summed E-state index contributed by atoms with van der Waals surface area (Å²) in [6, 6.07) is 19.7. The summed E-state index contributed by atoms with van der Waals surface area (Å²) in [6.07, 6.45) is -0.471. The van der Waals surface area contributed by atoms with Gasteiger partial charge in [-0.05, 0) is 60.2 Å². The molecule has 0 fully saturated rings. The predicted molar refractivity (Wildman–Crippen MR) is 191 cm³/mol. The Morgan fingerprint density at radius 2 is 1.23 bits per heavy atom. The molecule has 14 nitrogen and oxygen atoms in total. The van der Waals surface area contributed by atoms with Gasteiger partial charge < -0.3 is 57.8 Å². The molecule has 0 radical (unpaired) electrons. The van der Waals surface area contributed by atoms with Crippen molar-refractivity contribution >= 4 is 11.6 Å². The first-order valence-electron chi connectivity index (χ1n) is 16.1. The summed E-state index contributed by atoms with van der Waals surface area (Å²) in [4.78, 5) is 12.8. The zero-order chi connectivity index (χ0) is 36.8. The van der Waals surface area contributed by atoms with Gasteiger partial charge in [0.05, 0.1) is 55.3 Å². The Labute approximate surface area is 300 Å². The van der Waals surface area contributed by atoms with Gasteiger partial charge in [0.15, 0.2) is 40.3 Å². The normalized spacial score (nSPS) is 13.2. The van der Waals surface area contributed by atoms with Crippen LogP contribution in [-0.4, -0.2) is 74.0 Å². The van der Waals surface area contributed by atoms with E-state index in [9.17, 15) is 4.79 Å². The van der Waals surface area contributed by atoms with Crippen LogP contribution in [0.5, 0.6) is 51.7 Å². The molecule has 0 aliphatic carbocycles. The molecule has 5 aromatic rings. The molecule has 1 aromatic heterocycles. The van der Waals surface area contributed by atoms with Crippen molar-refractivity contribution in [1.29, 1.82) is 0 Å². The summed E-state index contributed by atoms with van der Waals surface area (Å²) in [5, 5.41) is 10.6. The Balaban J connectivity index is 1.13. The molecule has 2 heterocycles. The minimum atomic E-state index is -0.471. The number of nitrogens with zero attached hydrogens (tertiary/aromatic N) is 1. The molecule has 14 heteroatoms. The van der Waals surface area contributed by atoms with Crippen LogP contribution in [0.2, 0.25) is 0 Å². The Morgan fingerprint density at radius 1 is 0.596 bits per heavy atom. The SMILES string of the molecule is COc1ccc2c(c1)C(=O)NC(c1ccc(OCCOc3c(OC)cc(-c4cc(-c5cc(OC)c(OC)c(OC)c5)on4)cc3OC)c(OC)c1)N2. The molecule has 1 unspecified atom stereocenters. The van der Waals surface area contributed by atoms with Gasteiger partial charge in [-0.25, -0.2) is 0 Å². The van der Waals surface area contributed by atoms with E-state index in [-0.39, 0.29) is 19.1 Å². The average Bonchev–Trinajstić information content (AvgIpc) is 3.69. The van der Waals surface area contributed by atoms with Crippen LogP contribution in [0.4, 0.5) is 5.69 Å². The molecule has 52 heavy (non-hydrogen) atoms. The molecule has 6 rings (SSSR count). The second-order valence-electron chi connectivity index (χ2n) is 11.3. The Hall–Kier alpha value is -6.44. The van der Waals surface area contributed by atoms with Crippen LogP contribution < -0.4 is 53.3 Å². The monoisotopic (exact) mass is 713 g/mol. The van der Waals surface area contributed by atoms with Crippen molar-refractivity contribution < 1.29 is 51.9 Å². The first-order valence-corrected chi connectivity index (χ1v) is 16.1. The third-order valence-corrected chi connectivity index (χ3v) is 8.37. The van der Waals surface area contributed by atoms with Crippen LogP contribution in [0.25, 0.3) is 22.6 Å². The lowest BCUT2D eigenvalue weighted by Crippen LogP contribution is -2.38. The van der Waals surface area contributed by atoms with E-state index in [1.165, 1.54) is 14.2 Å². The lowest BCUT2D eigenvalue weighted by atomic mass is 10.0. The van der Waals surface area contributed by atoms with Crippen LogP contribution in [0.15, 0.2) is 71.3 Å². The number of ether oxygens (including phenoxy) is 9. The molecular formula is C38H39N3O11. The van der Waals surface area contributed by atoms with Crippen LogP contribution in [0, 0.1) is 0 Å². The second kappa shape index (κ2) is 15.6. The van der Waals surface area contributed by atoms with Gasteiger partial charge in [-0.15, -0.1) is 0 Å². The molecule has 2 N–H and O–H groups in total. The molecule has 1 amide bonds. The van der Waals surface area contributed by atoms with Crippen molar-refractivity contribution in [1.82, 2.24) is 10.5 Å². The maximum absolute atomic E-state index is 12.8. The van der Waals surface area contributed by atoms with Crippen molar-refractivity contribution in [2.75, 3.05) is 68.3 Å². The van der Waals surface area contributed by atoms with Crippen LogP contribution in [-0.2, 0) is 0 Å². The smallest absolute Gasteiger partial charge is 0.255 e. The Morgan fingerprint density at radius 3 is 1.87 bits per heavy atom. The van der Waals surface area contributed by atoms with Crippen LogP contribution in [0.3, 0.4) is 0 Å². The van der Waals surface area contributed by atoms with E-state index in [1.807, 2.05) is 18.2 Å². The first kappa shape index (κ1) is 35.4. The lowest BCUT2D eigenvalue weighted by molar-refractivity contribution is 0.0935. The van der Waals surface area contributed by atoms with Crippen LogP contribution >= 0.6 is 0 Å². The van der Waals surface area contributed by atoms with E-state index >= 15 is 0 Å². The largest absolute Gasteiger partial charge is 0.497 e. The topological polar surface area (TPSA) is 150 Å². The van der Waals surface area contributed by atoms with Crippen LogP contribution in [0.1, 0.15) is 22.1 Å². The summed E-state index contributed by atoms with van der Waals surface area (Å²) in [5.74, 6) is 4.56. The van der Waals surface area contributed by atoms with Crippen molar-refractivity contribution in [2.45, 2.75) is 6.17 Å². The molecule has 0 saturated heterocycles. The van der Waals surface area contributed by atoms with Crippen molar-refractivity contribution in [3.8, 4) is 74.3 Å². The minimum absolute atomic E-state index is 0.159. The lowest BCUT2D eigenvalue weighted by Gasteiger charge is -2.28. The molecule has 0 bridgehead atoms. The summed E-state index contributed by atoms with van der Waals surface area (Å²) in [7, 11) is 10.8. The van der Waals surface area contributed by atoms with Gasteiger partial charge in [0.25, 0.3) is 5.91 Å². The number of hydrogen-bond acceptors (Lipinski definition) is 13. The number of benzene rings is 4. The molecule has 272 valence electrons. The predicted octanol–water partition coefficient (Wildman–Crippen LogP) is 6.38. The number of anilines is 1. The number of rotatable bonds is 15. The van der Waals surface area contributed by atoms with E-state index in [2.05, 4.69) is 15.8 Å². The fraction of sp³-hybridized carbons (Fsp3) is 0.263. The quantitative estimate of drug-likeness (QED) is 0.116. The van der Waals surface area contributed by atoms with Gasteiger partial charge in [0, 0.05) is 22.9 Å². The summed E-state index contributed by atoms with van der Waals surface area (Å²) >= 11 is 0. The standard InChI is InChI=1S/C38H39N3O11/c1-43-24-9-10-26-25(19-24)38(42)40-37(39-26)21-8-11-28(30(14-21)44-2)50-12-13-51-36-33(47-5)15-22(16-34(36)48-6)27-20-29(52-41-27)23-17-31(45-3)35(49-7)32(18-23)46-4/h8-11,14-20,37,39H,12-13H2,1-7H3,(H,40,42). The van der Waals surface area contributed by atoms with E-state index in [1.54, 1.807) is 84.1 Å². The van der Waals surface area contributed by atoms with E-state index in [0.717, 1.165) is 5.56 Å². The van der Waals surface area contributed by atoms with Crippen molar-refractivity contribution in [2.24, 2.45) is 0 Å². The van der Waals surface area contributed by atoms with E-state index < -0.39 is 6.17 Å². The number of hydrogen-bond donors (Lipinski definition) is 2. The summed E-state index contributed by atoms with van der Waals surface area (Å²) in [6.45, 7) is 0.339. The number of fused-ring (bicyclic) bond motifs is 1. The summed E-state index contributed by atoms with van der Waals surface area (Å²) in [5.41, 5.74) is 3.89. The number of aromatic nitrogens is 1. The number of carbonyl (C=O) groups excluding carboxylic acids is 1. The minimum Gasteiger partial charge on any atom is -0.497 e. The maximum atomic E-state index is 12.8. The summed E-state index contributed by atoms with van der Waals surface area (Å²) < 4.78 is 56.4. The molecule has 4 aromatic carbocycles. The fourth-order valence-electron chi connectivity index (χ4n) is 5.75. The highest BCUT2D eigenvalue weighted by molar-refractivity contribution is 6.02. The highest BCUT2D eigenvalue weighted by Crippen LogP contribution is 2.44. The Bertz CT molecular complexity index is 2010. The fourth-order valence-corrected chi connectivity index (χ4v) is 5.75. The average molecular weight is 714 g/mol. The second-order valence-corrected chi connectivity index (χ2v) is 11.3. The van der Waals surface area contributed by atoms with Crippen molar-refractivity contribution in [3.05, 3.63) is 77.9 Å². The molecule has 1 aliphatic heterocycles. The van der Waals surface area contributed by atoms with E-state index in [0.29, 0.717) is 85.6 Å². The third-order valence-electron chi connectivity index (χ3n) is 8.37. The van der Waals surface area contributed by atoms with Gasteiger partial charge in [-0.2, -0.15) is 0 Å². The molecule has 0 saturated carbocycles. The van der Waals surface area contributed by atoms with E-state index in [4.69, 9.17) is 47.2 Å². The van der Waals surface area contributed by atoms with Gasteiger partial charge in [-0.1, -0.05) is 11.2 Å². The zero-order valence-corrected chi connectivity index (χ0v) is 29.8. The number of nitrogens with one attached hydrogen (secondary N) is 2. The molecule has 1 aliphatic rings. The number of carbonyl (C=O) groups is 1. The number of methoxy groups -OCH3 is 7. The van der Waals surface area contributed by atoms with Crippen molar-refractivity contribution in [3.63, 3.8) is 0 Å². The van der Waals surface area contributed by atoms with Gasteiger partial charge in [-0.3, -0.25) is 4.79 Å². The molecular weight excluding hydrogens is 674 g/mol. The van der Waals surface area contributed by atoms with Gasteiger partial charge in [0.2, 0.25) is 11.5 Å². The van der Waals surface area contributed by atoms with Gasteiger partial charge in [0.1, 0.15) is 30.8 Å². The Kier molecular flexibility index (Phi) is 10.6. The third kappa shape index (κ3) is 7.08. The molecule has 1 atom stereocenters. The highest BCUT2D eigenvalue weighted by atomic mass is 16.6. The highest BCUT2D eigenvalue weighted by Gasteiger charge is 2.26. The first-order chi connectivity index (χ1) is 25.3. The van der Waals surface area contributed by atoms with Gasteiger partial charge >= 0.3 is 0 Å².